The van der Waals surface area contributed by atoms with E-state index < -0.39 is 18.8 Å². The Morgan fingerprint density at radius 3 is 2.23 bits per heavy atom. The summed E-state index contributed by atoms with van der Waals surface area (Å²) < 4.78 is 30.2. The topological polar surface area (TPSA) is 98.5 Å². The van der Waals surface area contributed by atoms with Crippen LogP contribution in [-0.2, 0) is 0 Å². The Morgan fingerprint density at radius 2 is 1.77 bits per heavy atom. The van der Waals surface area contributed by atoms with Gasteiger partial charge in [-0.1, -0.05) is 33.6 Å². The van der Waals surface area contributed by atoms with Crippen LogP contribution < -0.4 is 10.1 Å². The summed E-state index contributed by atoms with van der Waals surface area (Å²) in [5, 5.41) is 30.4. The van der Waals surface area contributed by atoms with E-state index in [2.05, 4.69) is 28.9 Å². The van der Waals surface area contributed by atoms with Crippen LogP contribution in [0.2, 0.25) is 0 Å². The number of aliphatic hydroxyl groups is 2. The summed E-state index contributed by atoms with van der Waals surface area (Å²) in [7, 11) is 0. The summed E-state index contributed by atoms with van der Waals surface area (Å²) in [6, 6.07) is 7.40. The van der Waals surface area contributed by atoms with Crippen LogP contribution in [0.1, 0.15) is 64.2 Å². The van der Waals surface area contributed by atoms with Crippen LogP contribution in [0.3, 0.4) is 0 Å². The van der Waals surface area contributed by atoms with Crippen molar-refractivity contribution in [3.05, 3.63) is 47.7 Å². The molecule has 2 rings (SSSR count). The zero-order chi connectivity index (χ0) is 22.7. The molecule has 0 aliphatic carbocycles. The smallest absolute Gasteiger partial charge is 0.394 e. The number of nitrogens with one attached hydrogen (secondary N) is 2. The number of alkyl halides is 2. The molecule has 1 aromatic carbocycles. The van der Waals surface area contributed by atoms with Gasteiger partial charge in [0.15, 0.2) is 0 Å². The third-order valence-corrected chi connectivity index (χ3v) is 4.08. The Hall–Kier alpha value is -2.58. The first kappa shape index (κ1) is 25.5. The van der Waals surface area contributed by atoms with Gasteiger partial charge in [-0.15, -0.1) is 0 Å². The fourth-order valence-electron chi connectivity index (χ4n) is 2.39. The lowest BCUT2D eigenvalue weighted by Crippen LogP contribution is -2.19. The van der Waals surface area contributed by atoms with Crippen molar-refractivity contribution in [3.8, 4) is 5.75 Å². The van der Waals surface area contributed by atoms with Crippen molar-refractivity contribution in [2.45, 2.75) is 59.2 Å². The molecule has 0 aliphatic rings. The standard InChI is InChI=1S/C18H21F2N3O3.C4H10/c1-3-14(21)16-13(15(25)10-24)8-9-22-17(16)23-11-4-6-12(7-5-11)26-18(2,19)20;1-3-4-2/h4-9,15,21,24-25H,3,10H2,1-2H3,(H,22,23);3-4H2,1-2H3. The van der Waals surface area contributed by atoms with Crippen LogP contribution in [0.15, 0.2) is 36.5 Å². The summed E-state index contributed by atoms with van der Waals surface area (Å²) in [6.07, 6.45) is 0.0967. The minimum absolute atomic E-state index is 0.0157. The van der Waals surface area contributed by atoms with E-state index in [-0.39, 0.29) is 11.5 Å². The van der Waals surface area contributed by atoms with Crippen molar-refractivity contribution in [1.82, 2.24) is 4.98 Å². The van der Waals surface area contributed by atoms with Crippen molar-refractivity contribution in [3.63, 3.8) is 0 Å². The monoisotopic (exact) mass is 423 g/mol. The molecule has 0 spiro atoms. The Balaban J connectivity index is 0.00000103. The molecule has 0 saturated carbocycles. The Morgan fingerprint density at radius 1 is 1.17 bits per heavy atom. The molecule has 30 heavy (non-hydrogen) atoms. The van der Waals surface area contributed by atoms with E-state index in [1.54, 1.807) is 13.0 Å². The molecule has 0 bridgehead atoms. The molecular formula is C22H31F2N3O3. The van der Waals surface area contributed by atoms with Crippen LogP contribution in [0.5, 0.6) is 5.75 Å². The number of anilines is 2. The molecule has 0 aliphatic heterocycles. The first-order chi connectivity index (χ1) is 14.2. The third-order valence-electron chi connectivity index (χ3n) is 4.08. The second-order valence-electron chi connectivity index (χ2n) is 6.71. The fourth-order valence-corrected chi connectivity index (χ4v) is 2.39. The van der Waals surface area contributed by atoms with Gasteiger partial charge in [0.05, 0.1) is 6.61 Å². The number of halogens is 2. The van der Waals surface area contributed by atoms with E-state index in [1.807, 2.05) is 0 Å². The highest BCUT2D eigenvalue weighted by Gasteiger charge is 2.23. The van der Waals surface area contributed by atoms with Crippen LogP contribution in [0, 0.1) is 5.41 Å². The molecule has 4 N–H and O–H groups in total. The average molecular weight is 424 g/mol. The zero-order valence-electron chi connectivity index (χ0n) is 17.9. The number of benzene rings is 1. The van der Waals surface area contributed by atoms with Crippen molar-refractivity contribution in [1.29, 1.82) is 5.41 Å². The largest absolute Gasteiger partial charge is 0.433 e. The van der Waals surface area contributed by atoms with Gasteiger partial charge in [-0.2, -0.15) is 8.78 Å². The number of pyridine rings is 1. The normalized spacial score (nSPS) is 11.9. The van der Waals surface area contributed by atoms with Gasteiger partial charge in [0.1, 0.15) is 17.7 Å². The molecule has 1 atom stereocenters. The highest BCUT2D eigenvalue weighted by molar-refractivity contribution is 6.04. The minimum Gasteiger partial charge on any atom is -0.433 e. The predicted molar refractivity (Wildman–Crippen MR) is 115 cm³/mol. The SMILES string of the molecule is CCC(=N)c1c(C(O)CO)ccnc1Nc1ccc(OC(C)(F)F)cc1.CCCC. The van der Waals surface area contributed by atoms with Gasteiger partial charge in [-0.25, -0.2) is 4.98 Å². The predicted octanol–water partition coefficient (Wildman–Crippen LogP) is 5.43. The summed E-state index contributed by atoms with van der Waals surface area (Å²) in [4.78, 5) is 4.21. The summed E-state index contributed by atoms with van der Waals surface area (Å²) in [5.74, 6) is 0.346. The number of unbranched alkanes of at least 4 members (excludes halogenated alkanes) is 1. The highest BCUT2D eigenvalue weighted by Crippen LogP contribution is 2.28. The van der Waals surface area contributed by atoms with Gasteiger partial charge in [0.25, 0.3) is 0 Å². The average Bonchev–Trinajstić information content (AvgIpc) is 2.73. The maximum Gasteiger partial charge on any atom is 0.394 e. The number of hydrogen-bond acceptors (Lipinski definition) is 6. The molecule has 8 heteroatoms. The second kappa shape index (κ2) is 12.2. The second-order valence-corrected chi connectivity index (χ2v) is 6.71. The number of rotatable bonds is 9. The molecule has 1 heterocycles. The molecule has 1 aromatic heterocycles. The van der Waals surface area contributed by atoms with E-state index in [1.165, 1.54) is 43.3 Å². The van der Waals surface area contributed by atoms with Crippen molar-refractivity contribution in [2.24, 2.45) is 0 Å². The lowest BCUT2D eigenvalue weighted by atomic mass is 9.98. The molecular weight excluding hydrogens is 392 g/mol. The summed E-state index contributed by atoms with van der Waals surface area (Å²) >= 11 is 0. The van der Waals surface area contributed by atoms with Gasteiger partial charge in [0, 0.05) is 30.1 Å². The first-order valence-electron chi connectivity index (χ1n) is 9.96. The number of aliphatic hydroxyl groups excluding tert-OH is 2. The van der Waals surface area contributed by atoms with Gasteiger partial charge in [0.2, 0.25) is 0 Å². The van der Waals surface area contributed by atoms with Crippen LogP contribution in [0.25, 0.3) is 0 Å². The summed E-state index contributed by atoms with van der Waals surface area (Å²) in [6.45, 7) is 6.33. The quantitative estimate of drug-likeness (QED) is 0.403. The van der Waals surface area contributed by atoms with E-state index in [0.717, 1.165) is 0 Å². The van der Waals surface area contributed by atoms with Crippen LogP contribution >= 0.6 is 0 Å². The van der Waals surface area contributed by atoms with Gasteiger partial charge >= 0.3 is 6.11 Å². The highest BCUT2D eigenvalue weighted by atomic mass is 19.3. The Bertz CT molecular complexity index is 791. The van der Waals surface area contributed by atoms with Crippen LogP contribution in [-0.4, -0.2) is 33.6 Å². The Kier molecular flexibility index (Phi) is 10.3. The Labute approximate surface area is 176 Å². The van der Waals surface area contributed by atoms with Gasteiger partial charge < -0.3 is 25.7 Å². The van der Waals surface area contributed by atoms with E-state index in [4.69, 9.17) is 5.41 Å². The van der Waals surface area contributed by atoms with E-state index in [9.17, 15) is 19.0 Å². The number of nitrogens with zero attached hydrogens (tertiary/aromatic N) is 1. The maximum absolute atomic E-state index is 12.9. The van der Waals surface area contributed by atoms with Gasteiger partial charge in [-0.05, 0) is 42.3 Å². The maximum atomic E-state index is 12.9. The molecule has 1 unspecified atom stereocenters. The van der Waals surface area contributed by atoms with Crippen molar-refractivity contribution >= 4 is 17.2 Å². The molecule has 0 amide bonds. The third kappa shape index (κ3) is 8.04. The molecule has 2 aromatic rings. The van der Waals surface area contributed by atoms with Gasteiger partial charge in [-0.3, -0.25) is 0 Å². The van der Waals surface area contributed by atoms with E-state index in [0.29, 0.717) is 36.0 Å². The molecule has 0 saturated heterocycles. The number of aromatic nitrogens is 1. The molecule has 166 valence electrons. The fraction of sp³-hybridized carbons (Fsp3) is 0.455. The lowest BCUT2D eigenvalue weighted by Gasteiger charge is -2.18. The van der Waals surface area contributed by atoms with Crippen LogP contribution in [0.4, 0.5) is 20.3 Å². The summed E-state index contributed by atoms with van der Waals surface area (Å²) in [5.41, 5.74) is 1.58. The molecule has 0 fully saturated rings. The number of ether oxygens (including phenoxy) is 1. The molecule has 0 radical (unpaired) electrons. The van der Waals surface area contributed by atoms with E-state index >= 15 is 0 Å². The van der Waals surface area contributed by atoms with Crippen molar-refractivity contribution < 1.29 is 23.7 Å². The molecule has 6 nitrogen and oxygen atoms in total. The first-order valence-corrected chi connectivity index (χ1v) is 9.96. The zero-order valence-corrected chi connectivity index (χ0v) is 17.9. The number of hydrogen-bond donors (Lipinski definition) is 4. The minimum atomic E-state index is -3.27. The van der Waals surface area contributed by atoms with Crippen molar-refractivity contribution in [2.75, 3.05) is 11.9 Å². The lowest BCUT2D eigenvalue weighted by molar-refractivity contribution is -0.158.